The third-order valence-electron chi connectivity index (χ3n) is 3.44. The number of hydrogen-bond acceptors (Lipinski definition) is 4. The van der Waals surface area contributed by atoms with Gasteiger partial charge in [0.2, 0.25) is 0 Å². The van der Waals surface area contributed by atoms with Crippen molar-refractivity contribution in [1.29, 1.82) is 5.26 Å². The van der Waals surface area contributed by atoms with Crippen LogP contribution in [0.25, 0.3) is 11.0 Å². The Morgan fingerprint density at radius 1 is 1.39 bits per heavy atom. The molecule has 0 fully saturated rings. The van der Waals surface area contributed by atoms with Gasteiger partial charge < -0.3 is 15.0 Å². The van der Waals surface area contributed by atoms with Crippen molar-refractivity contribution in [2.75, 3.05) is 5.32 Å². The summed E-state index contributed by atoms with van der Waals surface area (Å²) in [7, 11) is 0. The lowest BCUT2D eigenvalue weighted by molar-refractivity contribution is 0.0697. The van der Waals surface area contributed by atoms with E-state index in [4.69, 9.17) is 14.5 Å². The quantitative estimate of drug-likeness (QED) is 0.773. The van der Waals surface area contributed by atoms with Crippen molar-refractivity contribution in [3.8, 4) is 6.07 Å². The second-order valence-corrected chi connectivity index (χ2v) is 4.91. The normalized spacial score (nSPS) is 12.9. The molecule has 2 N–H and O–H groups in total. The number of nitrogens with zero attached hydrogens (tertiary/aromatic N) is 3. The third kappa shape index (κ3) is 2.85. The van der Waals surface area contributed by atoms with Crippen LogP contribution in [0.4, 0.5) is 5.69 Å². The summed E-state index contributed by atoms with van der Waals surface area (Å²) in [5.41, 5.74) is 1.91. The van der Waals surface area contributed by atoms with Crippen LogP contribution in [0.5, 0.6) is 0 Å². The van der Waals surface area contributed by atoms with E-state index in [-0.39, 0.29) is 17.9 Å². The minimum absolute atomic E-state index is 0.0410. The van der Waals surface area contributed by atoms with Gasteiger partial charge in [0.15, 0.2) is 0 Å². The van der Waals surface area contributed by atoms with E-state index >= 15 is 0 Å². The zero-order valence-corrected chi connectivity index (χ0v) is 11.9. The maximum atomic E-state index is 11.1. The molecule has 2 aromatic carbocycles. The summed E-state index contributed by atoms with van der Waals surface area (Å²) in [6.07, 6.45) is 0. The molecular weight excluding hydrogens is 292 g/mol. The van der Waals surface area contributed by atoms with E-state index < -0.39 is 12.9 Å². The van der Waals surface area contributed by atoms with Crippen molar-refractivity contribution in [1.82, 2.24) is 9.55 Å². The van der Waals surface area contributed by atoms with Gasteiger partial charge in [-0.1, -0.05) is 0 Å². The molecule has 0 aliphatic rings. The van der Waals surface area contributed by atoms with E-state index in [0.717, 1.165) is 4.57 Å². The lowest BCUT2D eigenvalue weighted by Crippen LogP contribution is -2.05. The molecule has 0 amide bonds. The minimum atomic E-state index is -2.46. The van der Waals surface area contributed by atoms with Gasteiger partial charge in [0.1, 0.15) is 5.82 Å². The van der Waals surface area contributed by atoms with Gasteiger partial charge in [-0.05, 0) is 42.5 Å². The lowest BCUT2D eigenvalue weighted by atomic mass is 10.2. The highest BCUT2D eigenvalue weighted by Crippen LogP contribution is 2.18. The highest BCUT2D eigenvalue weighted by atomic mass is 16.4. The summed E-state index contributed by atoms with van der Waals surface area (Å²) in [5.74, 6) is -0.848. The average Bonchev–Trinajstić information content (AvgIpc) is 2.98. The van der Waals surface area contributed by atoms with Gasteiger partial charge >= 0.3 is 5.97 Å². The Labute approximate surface area is 136 Å². The van der Waals surface area contributed by atoms with E-state index in [0.29, 0.717) is 22.3 Å². The maximum absolute atomic E-state index is 11.1. The standard InChI is InChI=1S/C17H14N4O2/c1-21-15-7-4-12(17(22)23)8-14(15)20-16(21)10-19-13-5-2-11(9-18)3-6-13/h2-8,19H,10H2,1H3,(H,22,23)/i1D3. The first-order valence-electron chi connectivity index (χ1n) is 8.29. The Kier molecular flexibility index (Phi) is 2.85. The minimum Gasteiger partial charge on any atom is -0.478 e. The number of carboxylic acid groups (broad SMARTS) is 1. The van der Waals surface area contributed by atoms with Crippen LogP contribution in [0.15, 0.2) is 42.5 Å². The van der Waals surface area contributed by atoms with Crippen molar-refractivity contribution in [3.63, 3.8) is 0 Å². The lowest BCUT2D eigenvalue weighted by Gasteiger charge is -2.06. The fraction of sp³-hybridized carbons (Fsp3) is 0.118. The molecule has 3 rings (SSSR count). The third-order valence-corrected chi connectivity index (χ3v) is 3.44. The highest BCUT2D eigenvalue weighted by Gasteiger charge is 2.10. The van der Waals surface area contributed by atoms with Crippen LogP contribution in [0.2, 0.25) is 0 Å². The van der Waals surface area contributed by atoms with Gasteiger partial charge in [0, 0.05) is 16.8 Å². The number of benzene rings is 2. The van der Waals surface area contributed by atoms with Crippen molar-refractivity contribution in [3.05, 3.63) is 59.4 Å². The monoisotopic (exact) mass is 309 g/mol. The zero-order valence-electron chi connectivity index (χ0n) is 14.9. The van der Waals surface area contributed by atoms with Gasteiger partial charge in [-0.25, -0.2) is 9.78 Å². The van der Waals surface area contributed by atoms with E-state index in [2.05, 4.69) is 10.3 Å². The van der Waals surface area contributed by atoms with Crippen LogP contribution in [-0.2, 0) is 13.5 Å². The number of carbonyl (C=O) groups is 1. The Morgan fingerprint density at radius 2 is 2.17 bits per heavy atom. The number of aryl methyl sites for hydroxylation is 1. The van der Waals surface area contributed by atoms with E-state index in [1.807, 2.05) is 6.07 Å². The summed E-state index contributed by atoms with van der Waals surface area (Å²) >= 11 is 0. The number of fused-ring (bicyclic) bond motifs is 1. The molecule has 0 radical (unpaired) electrons. The summed E-state index contributed by atoms with van der Waals surface area (Å²) in [4.78, 5) is 15.4. The first-order chi connectivity index (χ1) is 12.3. The van der Waals surface area contributed by atoms with Gasteiger partial charge in [0.05, 0.1) is 34.8 Å². The topological polar surface area (TPSA) is 90.9 Å². The summed E-state index contributed by atoms with van der Waals surface area (Å²) in [6.45, 7) is -2.33. The smallest absolute Gasteiger partial charge is 0.335 e. The number of aromatic carboxylic acids is 1. The van der Waals surface area contributed by atoms with Gasteiger partial charge in [-0.15, -0.1) is 0 Å². The Bertz CT molecular complexity index is 1020. The van der Waals surface area contributed by atoms with Crippen molar-refractivity contribution in [2.24, 2.45) is 6.98 Å². The number of nitriles is 1. The molecule has 6 heteroatoms. The Balaban J connectivity index is 1.97. The number of hydrogen-bond donors (Lipinski definition) is 2. The predicted molar refractivity (Wildman–Crippen MR) is 86.2 cm³/mol. The summed E-state index contributed by atoms with van der Waals surface area (Å²) < 4.78 is 24.4. The van der Waals surface area contributed by atoms with Crippen LogP contribution in [0, 0.1) is 11.3 Å². The number of imidazole rings is 1. The number of anilines is 1. The Hall–Kier alpha value is -3.33. The first-order valence-corrected chi connectivity index (χ1v) is 6.79. The number of carboxylic acids is 1. The fourth-order valence-corrected chi connectivity index (χ4v) is 2.23. The van der Waals surface area contributed by atoms with Crippen molar-refractivity contribution < 1.29 is 14.0 Å². The van der Waals surface area contributed by atoms with Gasteiger partial charge in [0.25, 0.3) is 0 Å². The van der Waals surface area contributed by atoms with Crippen molar-refractivity contribution >= 4 is 22.7 Å². The molecular formula is C17H14N4O2. The number of aromatic nitrogens is 2. The highest BCUT2D eigenvalue weighted by molar-refractivity contribution is 5.92. The number of nitrogens with one attached hydrogen (secondary N) is 1. The van der Waals surface area contributed by atoms with Gasteiger partial charge in [-0.2, -0.15) is 5.26 Å². The average molecular weight is 309 g/mol. The van der Waals surface area contributed by atoms with Crippen molar-refractivity contribution in [2.45, 2.75) is 6.54 Å². The molecule has 0 aliphatic carbocycles. The first kappa shape index (κ1) is 11.3. The number of rotatable bonds is 4. The molecule has 23 heavy (non-hydrogen) atoms. The molecule has 0 saturated heterocycles. The molecule has 0 aliphatic heterocycles. The van der Waals surface area contributed by atoms with E-state index in [1.54, 1.807) is 24.3 Å². The molecule has 0 unspecified atom stereocenters. The summed E-state index contributed by atoms with van der Waals surface area (Å²) in [5, 5.41) is 21.0. The molecule has 3 aromatic rings. The fourth-order valence-electron chi connectivity index (χ4n) is 2.23. The molecule has 1 heterocycles. The molecule has 0 saturated carbocycles. The van der Waals surface area contributed by atoms with Crippen LogP contribution in [0.1, 0.15) is 25.9 Å². The largest absolute Gasteiger partial charge is 0.478 e. The predicted octanol–water partition coefficient (Wildman–Crippen LogP) is 2.76. The summed E-state index contributed by atoms with van der Waals surface area (Å²) in [6, 6.07) is 12.9. The Morgan fingerprint density at radius 3 is 2.83 bits per heavy atom. The second-order valence-electron chi connectivity index (χ2n) is 4.91. The van der Waals surface area contributed by atoms with Crippen LogP contribution in [-0.4, -0.2) is 20.6 Å². The van der Waals surface area contributed by atoms with E-state index in [1.165, 1.54) is 18.2 Å². The maximum Gasteiger partial charge on any atom is 0.335 e. The molecule has 0 atom stereocenters. The van der Waals surface area contributed by atoms with Gasteiger partial charge in [-0.3, -0.25) is 0 Å². The molecule has 6 nitrogen and oxygen atoms in total. The van der Waals surface area contributed by atoms with Crippen LogP contribution < -0.4 is 5.32 Å². The SMILES string of the molecule is [2H]C([2H])([2H])n1c(CNc2ccc(C#N)cc2)nc2cc(C(=O)O)ccc21. The molecule has 1 aromatic heterocycles. The second kappa shape index (κ2) is 5.81. The zero-order chi connectivity index (χ0) is 18.9. The van der Waals surface area contributed by atoms with Crippen LogP contribution in [0.3, 0.4) is 0 Å². The van der Waals surface area contributed by atoms with E-state index in [9.17, 15) is 4.79 Å². The molecule has 114 valence electrons. The van der Waals surface area contributed by atoms with Crippen LogP contribution >= 0.6 is 0 Å². The molecule has 0 bridgehead atoms. The molecule has 0 spiro atoms.